The number of rotatable bonds is 6. The lowest BCUT2D eigenvalue weighted by molar-refractivity contribution is 1.04. The Balaban J connectivity index is 3.37. The number of halogens is 2. The van der Waals surface area contributed by atoms with E-state index in [9.17, 15) is 0 Å². The molecule has 72 valence electrons. The highest BCUT2D eigenvalue weighted by molar-refractivity contribution is 9.25. The lowest BCUT2D eigenvalue weighted by Gasteiger charge is -2.16. The van der Waals surface area contributed by atoms with Gasteiger partial charge >= 0.3 is 0 Å². The van der Waals surface area contributed by atoms with Gasteiger partial charge < -0.3 is 0 Å². The van der Waals surface area contributed by atoms with Gasteiger partial charge in [-0.25, -0.2) is 0 Å². The van der Waals surface area contributed by atoms with Gasteiger partial charge in [0.25, 0.3) is 0 Å². The molecule has 0 aromatic heterocycles. The fraction of sp³-hybridized carbons (Fsp3) is 0.750. The predicted molar refractivity (Wildman–Crippen MR) is 72.1 cm³/mol. The molecule has 0 heterocycles. The minimum atomic E-state index is -0.994. The Morgan fingerprint density at radius 3 is 2.50 bits per heavy atom. The van der Waals surface area contributed by atoms with Gasteiger partial charge in [-0.1, -0.05) is 63.5 Å². The van der Waals surface area contributed by atoms with E-state index in [-0.39, 0.29) is 9.52 Å². The maximum absolute atomic E-state index is 3.90. The van der Waals surface area contributed by atoms with Gasteiger partial charge in [0, 0.05) is 9.52 Å². The van der Waals surface area contributed by atoms with Crippen molar-refractivity contribution in [1.29, 1.82) is 0 Å². The standard InChI is InChI=1S/C8H18Br2Si2/c1-4-12(2,3)7-5-6-11-8(9)10/h4,8H,1,5-7,11H2,2-3H3. The van der Waals surface area contributed by atoms with E-state index in [4.69, 9.17) is 0 Å². The van der Waals surface area contributed by atoms with Crippen LogP contribution in [0.5, 0.6) is 0 Å². The number of alkyl halides is 2. The van der Waals surface area contributed by atoms with Crippen LogP contribution in [0.4, 0.5) is 0 Å². The molecule has 0 N–H and O–H groups in total. The monoisotopic (exact) mass is 328 g/mol. The first-order valence-corrected chi connectivity index (χ1v) is 11.3. The zero-order valence-electron chi connectivity index (χ0n) is 7.95. The maximum Gasteiger partial charge on any atom is 0.0709 e. The zero-order valence-corrected chi connectivity index (χ0v) is 13.5. The Bertz CT molecular complexity index is 135. The van der Waals surface area contributed by atoms with Crippen molar-refractivity contribution >= 4 is 49.5 Å². The van der Waals surface area contributed by atoms with E-state index in [1.807, 2.05) is 0 Å². The van der Waals surface area contributed by atoms with Crippen molar-refractivity contribution in [3.8, 4) is 0 Å². The topological polar surface area (TPSA) is 0 Å². The molecule has 0 nitrogen and oxygen atoms in total. The second-order valence-electron chi connectivity index (χ2n) is 3.83. The predicted octanol–water partition coefficient (Wildman–Crippen LogP) is 3.47. The maximum atomic E-state index is 3.90. The van der Waals surface area contributed by atoms with Gasteiger partial charge in [-0.15, -0.1) is 12.3 Å². The van der Waals surface area contributed by atoms with Crippen LogP contribution in [0.3, 0.4) is 0 Å². The van der Waals surface area contributed by atoms with E-state index < -0.39 is 8.07 Å². The van der Waals surface area contributed by atoms with Gasteiger partial charge in [-0.3, -0.25) is 0 Å². The van der Waals surface area contributed by atoms with Crippen LogP contribution in [0.1, 0.15) is 6.42 Å². The molecule has 0 fully saturated rings. The lowest BCUT2D eigenvalue weighted by atomic mass is 10.6. The van der Waals surface area contributed by atoms with Crippen LogP contribution in [0.2, 0.25) is 25.2 Å². The summed E-state index contributed by atoms with van der Waals surface area (Å²) in [5, 5.41) is 0. The van der Waals surface area contributed by atoms with Crippen molar-refractivity contribution in [1.82, 2.24) is 0 Å². The lowest BCUT2D eigenvalue weighted by Crippen LogP contribution is -2.21. The molecule has 0 aromatic rings. The van der Waals surface area contributed by atoms with Gasteiger partial charge in [0.2, 0.25) is 0 Å². The molecule has 0 aliphatic heterocycles. The second-order valence-corrected chi connectivity index (χ2v) is 16.6. The molecule has 0 radical (unpaired) electrons. The fourth-order valence-corrected chi connectivity index (χ4v) is 5.64. The summed E-state index contributed by atoms with van der Waals surface area (Å²) in [6, 6.07) is 2.86. The van der Waals surface area contributed by atoms with Crippen LogP contribution < -0.4 is 0 Å². The van der Waals surface area contributed by atoms with Crippen molar-refractivity contribution in [3.63, 3.8) is 0 Å². The first-order chi connectivity index (χ1) is 5.48. The van der Waals surface area contributed by atoms with Gasteiger partial charge in [-0.05, 0) is 0 Å². The summed E-state index contributed by atoms with van der Waals surface area (Å²) in [5.41, 5.74) is 2.20. The van der Waals surface area contributed by atoms with E-state index in [0.717, 1.165) is 0 Å². The number of hydrogen-bond donors (Lipinski definition) is 0. The normalized spacial score (nSPS) is 13.1. The van der Waals surface area contributed by atoms with Crippen molar-refractivity contribution in [3.05, 3.63) is 12.3 Å². The average molecular weight is 330 g/mol. The Hall–Kier alpha value is 1.13. The van der Waals surface area contributed by atoms with E-state index >= 15 is 0 Å². The first-order valence-electron chi connectivity index (χ1n) is 4.40. The molecule has 0 amide bonds. The highest BCUT2D eigenvalue weighted by Gasteiger charge is 2.14. The van der Waals surface area contributed by atoms with Gasteiger partial charge in [0.1, 0.15) is 0 Å². The second kappa shape index (κ2) is 6.57. The largest absolute Gasteiger partial charge is 0.107 e. The van der Waals surface area contributed by atoms with Crippen molar-refractivity contribution in [2.45, 2.75) is 35.0 Å². The molecule has 12 heavy (non-hydrogen) atoms. The van der Waals surface area contributed by atoms with Crippen LogP contribution >= 0.6 is 31.9 Å². The molecule has 0 atom stereocenters. The molecule has 0 aromatic carbocycles. The molecule has 0 saturated carbocycles. The van der Waals surface area contributed by atoms with Crippen LogP contribution in [0.25, 0.3) is 0 Å². The molecule has 0 unspecified atom stereocenters. The highest BCUT2D eigenvalue weighted by atomic mass is 79.9. The van der Waals surface area contributed by atoms with Crippen LogP contribution in [-0.2, 0) is 0 Å². The Morgan fingerprint density at radius 2 is 2.08 bits per heavy atom. The Labute approximate surface area is 96.3 Å². The first kappa shape index (κ1) is 13.1. The summed E-state index contributed by atoms with van der Waals surface area (Å²) in [6.07, 6.45) is 1.41. The molecule has 0 aliphatic carbocycles. The molecule has 4 heteroatoms. The summed E-state index contributed by atoms with van der Waals surface area (Å²) in [5.74, 6) is 0. The third-order valence-electron chi connectivity index (χ3n) is 2.05. The fourth-order valence-electron chi connectivity index (χ4n) is 0.981. The third kappa shape index (κ3) is 7.77. The van der Waals surface area contributed by atoms with Gasteiger partial charge in [-0.2, -0.15) is 0 Å². The van der Waals surface area contributed by atoms with Crippen LogP contribution in [-0.4, -0.2) is 21.0 Å². The zero-order chi connectivity index (χ0) is 9.61. The molecule has 0 saturated heterocycles. The molecule has 0 rings (SSSR count). The van der Waals surface area contributed by atoms with Gasteiger partial charge in [0.05, 0.1) is 11.4 Å². The van der Waals surface area contributed by atoms with Crippen LogP contribution in [0.15, 0.2) is 12.3 Å². The van der Waals surface area contributed by atoms with E-state index in [1.165, 1.54) is 18.5 Å². The summed E-state index contributed by atoms with van der Waals surface area (Å²) in [7, 11) is -0.903. The Kier molecular flexibility index (Phi) is 7.19. The molecular weight excluding hydrogens is 312 g/mol. The average Bonchev–Trinajstić information content (AvgIpc) is 1.98. The summed E-state index contributed by atoms with van der Waals surface area (Å²) >= 11 is 7.08. The minimum absolute atomic E-state index is 0.0907. The third-order valence-corrected chi connectivity index (χ3v) is 8.89. The number of hydrogen-bond acceptors (Lipinski definition) is 0. The van der Waals surface area contributed by atoms with Crippen molar-refractivity contribution in [2.75, 3.05) is 0 Å². The van der Waals surface area contributed by atoms with E-state index in [1.54, 1.807) is 0 Å². The molecular formula is C8H18Br2Si2. The summed E-state index contributed by atoms with van der Waals surface area (Å²) < 4.78 is 0.638. The smallest absolute Gasteiger partial charge is 0.0709 e. The Morgan fingerprint density at radius 1 is 1.50 bits per heavy atom. The summed E-state index contributed by atoms with van der Waals surface area (Å²) in [6.45, 7) is 8.68. The van der Waals surface area contributed by atoms with Crippen molar-refractivity contribution < 1.29 is 0 Å². The molecule has 0 spiro atoms. The molecule has 0 aliphatic rings. The molecule has 0 bridgehead atoms. The van der Waals surface area contributed by atoms with Crippen molar-refractivity contribution in [2.24, 2.45) is 0 Å². The van der Waals surface area contributed by atoms with E-state index in [2.05, 4.69) is 57.2 Å². The SMILES string of the molecule is C=C[Si](C)(C)CCC[SiH2]C(Br)Br. The quantitative estimate of drug-likeness (QED) is 0.397. The van der Waals surface area contributed by atoms with Crippen LogP contribution in [0, 0.1) is 0 Å². The summed E-state index contributed by atoms with van der Waals surface area (Å²) in [4.78, 5) is 0. The minimum Gasteiger partial charge on any atom is -0.107 e. The van der Waals surface area contributed by atoms with Gasteiger partial charge in [0.15, 0.2) is 0 Å². The highest BCUT2D eigenvalue weighted by Crippen LogP contribution is 2.16. The van der Waals surface area contributed by atoms with E-state index in [0.29, 0.717) is 3.36 Å².